The van der Waals surface area contributed by atoms with Crippen molar-refractivity contribution in [2.45, 2.75) is 40.0 Å². The van der Waals surface area contributed by atoms with Crippen molar-refractivity contribution in [2.24, 2.45) is 5.73 Å². The molecule has 0 saturated heterocycles. The number of nitrogens with zero attached hydrogens (tertiary/aromatic N) is 3. The van der Waals surface area contributed by atoms with Gasteiger partial charge in [-0.25, -0.2) is 9.97 Å². The molecule has 2 rings (SSSR count). The van der Waals surface area contributed by atoms with Gasteiger partial charge in [0, 0.05) is 28.8 Å². The number of nitrogens with two attached hydrogens (primary N) is 1. The zero-order chi connectivity index (χ0) is 17.0. The second-order valence-electron chi connectivity index (χ2n) is 5.95. The average molecular weight is 377 g/mol. The number of hydrogen-bond acceptors (Lipinski definition) is 4. The molecule has 1 aromatic carbocycles. The van der Waals surface area contributed by atoms with Crippen LogP contribution in [0.25, 0.3) is 0 Å². The first-order valence-corrected chi connectivity index (χ1v) is 8.87. The van der Waals surface area contributed by atoms with Crippen molar-refractivity contribution < 1.29 is 0 Å². The van der Waals surface area contributed by atoms with Gasteiger partial charge in [-0.1, -0.05) is 19.9 Å². The summed E-state index contributed by atoms with van der Waals surface area (Å²) in [6.45, 7) is 9.89. The number of benzene rings is 1. The van der Waals surface area contributed by atoms with Crippen LogP contribution >= 0.6 is 15.9 Å². The first-order valence-electron chi connectivity index (χ1n) is 8.07. The van der Waals surface area contributed by atoms with Crippen molar-refractivity contribution in [3.8, 4) is 0 Å². The van der Waals surface area contributed by atoms with Crippen LogP contribution in [0.2, 0.25) is 0 Å². The van der Waals surface area contributed by atoms with E-state index in [1.165, 1.54) is 5.56 Å². The monoisotopic (exact) mass is 376 g/mol. The minimum atomic E-state index is 0.502. The molecule has 2 aromatic rings. The molecular weight excluding hydrogens is 352 g/mol. The Hall–Kier alpha value is -1.46. The van der Waals surface area contributed by atoms with Gasteiger partial charge in [0.1, 0.15) is 0 Å². The predicted octanol–water partition coefficient (Wildman–Crippen LogP) is 4.33. The van der Waals surface area contributed by atoms with Crippen LogP contribution < -0.4 is 10.6 Å². The van der Waals surface area contributed by atoms with Crippen LogP contribution in [0.15, 0.2) is 28.7 Å². The maximum absolute atomic E-state index is 5.67. The van der Waals surface area contributed by atoms with Crippen LogP contribution in [0.5, 0.6) is 0 Å². The molecule has 0 spiro atoms. The zero-order valence-electron chi connectivity index (χ0n) is 14.3. The van der Waals surface area contributed by atoms with E-state index < -0.39 is 0 Å². The van der Waals surface area contributed by atoms with Crippen molar-refractivity contribution in [3.63, 3.8) is 0 Å². The van der Waals surface area contributed by atoms with Crippen LogP contribution in [-0.4, -0.2) is 23.1 Å². The lowest BCUT2D eigenvalue weighted by Crippen LogP contribution is -2.21. The smallest absolute Gasteiger partial charge is 0.230 e. The quantitative estimate of drug-likeness (QED) is 0.814. The van der Waals surface area contributed by atoms with E-state index >= 15 is 0 Å². The average Bonchev–Trinajstić information content (AvgIpc) is 2.49. The molecule has 0 unspecified atom stereocenters. The first kappa shape index (κ1) is 17.9. The fourth-order valence-corrected chi connectivity index (χ4v) is 3.14. The normalized spacial score (nSPS) is 11.1. The largest absolute Gasteiger partial charge is 0.330 e. The molecule has 23 heavy (non-hydrogen) atoms. The van der Waals surface area contributed by atoms with Gasteiger partial charge < -0.3 is 10.6 Å². The third-order valence-electron chi connectivity index (χ3n) is 3.78. The van der Waals surface area contributed by atoms with Gasteiger partial charge in [0.2, 0.25) is 5.95 Å². The molecule has 2 N–H and O–H groups in total. The standard InChI is InChI=1S/C18H25BrN4/c1-5-23(17-7-6-14(12(2)3)11-16(17)19)18-21-13(4)10-15(22-18)8-9-20/h6-7,10-12H,5,8-9,20H2,1-4H3. The summed E-state index contributed by atoms with van der Waals surface area (Å²) in [5.41, 5.74) is 10.0. The Labute approximate surface area is 147 Å². The molecule has 0 amide bonds. The first-order chi connectivity index (χ1) is 11.0. The number of aromatic nitrogens is 2. The SMILES string of the molecule is CCN(c1nc(C)cc(CCN)n1)c1ccc(C(C)C)cc1Br. The van der Waals surface area contributed by atoms with E-state index in [4.69, 9.17) is 5.73 Å². The highest BCUT2D eigenvalue weighted by Crippen LogP contribution is 2.33. The Balaban J connectivity index is 2.44. The number of anilines is 2. The summed E-state index contributed by atoms with van der Waals surface area (Å²) in [7, 11) is 0. The molecule has 0 bridgehead atoms. The number of halogens is 1. The van der Waals surface area contributed by atoms with Crippen LogP contribution in [0.3, 0.4) is 0 Å². The van der Waals surface area contributed by atoms with Gasteiger partial charge in [-0.15, -0.1) is 0 Å². The molecule has 124 valence electrons. The molecule has 0 saturated carbocycles. The van der Waals surface area contributed by atoms with Crippen molar-refractivity contribution in [3.05, 3.63) is 45.7 Å². The van der Waals surface area contributed by atoms with Gasteiger partial charge >= 0.3 is 0 Å². The summed E-state index contributed by atoms with van der Waals surface area (Å²) in [5.74, 6) is 1.23. The lowest BCUT2D eigenvalue weighted by molar-refractivity contribution is 0.857. The highest BCUT2D eigenvalue weighted by molar-refractivity contribution is 9.10. The van der Waals surface area contributed by atoms with Gasteiger partial charge in [-0.2, -0.15) is 0 Å². The Morgan fingerprint density at radius 3 is 2.52 bits per heavy atom. The maximum Gasteiger partial charge on any atom is 0.230 e. The van der Waals surface area contributed by atoms with E-state index in [2.05, 4.69) is 69.8 Å². The topological polar surface area (TPSA) is 55.0 Å². The maximum atomic E-state index is 5.67. The number of aryl methyl sites for hydroxylation is 1. The van der Waals surface area contributed by atoms with Gasteiger partial charge in [0.05, 0.1) is 5.69 Å². The Morgan fingerprint density at radius 2 is 1.96 bits per heavy atom. The highest BCUT2D eigenvalue weighted by Gasteiger charge is 2.15. The van der Waals surface area contributed by atoms with E-state index in [9.17, 15) is 0 Å². The molecule has 0 radical (unpaired) electrons. The van der Waals surface area contributed by atoms with E-state index in [0.717, 1.165) is 40.5 Å². The van der Waals surface area contributed by atoms with Gasteiger partial charge in [-0.3, -0.25) is 0 Å². The van der Waals surface area contributed by atoms with E-state index in [0.29, 0.717) is 12.5 Å². The fraction of sp³-hybridized carbons (Fsp3) is 0.444. The molecule has 0 aliphatic rings. The highest BCUT2D eigenvalue weighted by atomic mass is 79.9. The third kappa shape index (κ3) is 4.30. The molecular formula is C18H25BrN4. The molecule has 4 nitrogen and oxygen atoms in total. The van der Waals surface area contributed by atoms with Crippen molar-refractivity contribution >= 4 is 27.6 Å². The van der Waals surface area contributed by atoms with Crippen LogP contribution in [0.1, 0.15) is 43.6 Å². The summed E-state index contributed by atoms with van der Waals surface area (Å²) in [4.78, 5) is 11.4. The third-order valence-corrected chi connectivity index (χ3v) is 4.42. The number of rotatable bonds is 6. The minimum absolute atomic E-state index is 0.502. The second-order valence-corrected chi connectivity index (χ2v) is 6.80. The summed E-state index contributed by atoms with van der Waals surface area (Å²) < 4.78 is 1.07. The van der Waals surface area contributed by atoms with Crippen LogP contribution in [-0.2, 0) is 6.42 Å². The molecule has 0 fully saturated rings. The van der Waals surface area contributed by atoms with Crippen molar-refractivity contribution in [2.75, 3.05) is 18.0 Å². The lowest BCUT2D eigenvalue weighted by atomic mass is 10.0. The molecule has 1 heterocycles. The molecule has 5 heteroatoms. The Kier molecular flexibility index (Phi) is 6.13. The fourth-order valence-electron chi connectivity index (χ4n) is 2.53. The number of hydrogen-bond donors (Lipinski definition) is 1. The van der Waals surface area contributed by atoms with Gasteiger partial charge in [0.15, 0.2) is 0 Å². The van der Waals surface area contributed by atoms with Gasteiger partial charge in [0.25, 0.3) is 0 Å². The van der Waals surface area contributed by atoms with Crippen LogP contribution in [0.4, 0.5) is 11.6 Å². The summed E-state index contributed by atoms with van der Waals surface area (Å²) in [5, 5.41) is 0. The predicted molar refractivity (Wildman–Crippen MR) is 100 cm³/mol. The Morgan fingerprint density at radius 1 is 1.22 bits per heavy atom. The lowest BCUT2D eigenvalue weighted by Gasteiger charge is -2.24. The Bertz CT molecular complexity index is 670. The molecule has 0 aliphatic heterocycles. The van der Waals surface area contributed by atoms with E-state index in [1.807, 2.05) is 13.0 Å². The summed E-state index contributed by atoms with van der Waals surface area (Å²) in [6.07, 6.45) is 0.765. The van der Waals surface area contributed by atoms with Crippen molar-refractivity contribution in [1.82, 2.24) is 9.97 Å². The molecule has 1 aromatic heterocycles. The molecule has 0 atom stereocenters. The van der Waals surface area contributed by atoms with Crippen LogP contribution in [0, 0.1) is 6.92 Å². The minimum Gasteiger partial charge on any atom is -0.330 e. The second kappa shape index (κ2) is 7.88. The van der Waals surface area contributed by atoms with E-state index in [1.54, 1.807) is 0 Å². The molecule has 0 aliphatic carbocycles. The summed E-state index contributed by atoms with van der Waals surface area (Å²) in [6, 6.07) is 8.49. The van der Waals surface area contributed by atoms with Gasteiger partial charge in [-0.05, 0) is 66.0 Å². The van der Waals surface area contributed by atoms with E-state index in [-0.39, 0.29) is 0 Å². The van der Waals surface area contributed by atoms with Crippen molar-refractivity contribution in [1.29, 1.82) is 0 Å². The zero-order valence-corrected chi connectivity index (χ0v) is 15.9. The summed E-state index contributed by atoms with van der Waals surface area (Å²) >= 11 is 3.70.